The summed E-state index contributed by atoms with van der Waals surface area (Å²) in [7, 11) is 0. The third-order valence-electron chi connectivity index (χ3n) is 7.78. The van der Waals surface area contributed by atoms with Crippen molar-refractivity contribution in [2.75, 3.05) is 0 Å². The van der Waals surface area contributed by atoms with Crippen LogP contribution in [0.2, 0.25) is 0 Å². The number of aryl methyl sites for hydroxylation is 3. The zero-order chi connectivity index (χ0) is 25.2. The van der Waals surface area contributed by atoms with Gasteiger partial charge in [0.25, 0.3) is 0 Å². The Morgan fingerprint density at radius 3 is 1.20 bits per heavy atom. The predicted molar refractivity (Wildman–Crippen MR) is 157 cm³/mol. The van der Waals surface area contributed by atoms with E-state index >= 15 is 0 Å². The molecule has 1 aromatic heterocycles. The molecular weight excluding hydrogens is 422 g/mol. The van der Waals surface area contributed by atoms with E-state index in [1.807, 2.05) is 0 Å². The van der Waals surface area contributed by atoms with E-state index in [0.717, 1.165) is 6.54 Å². The molecule has 1 rings (SSSR count). The molecule has 1 heteroatoms. The average Bonchev–Trinajstić information content (AvgIpc) is 2.87. The third-order valence-corrected chi connectivity index (χ3v) is 7.78. The average molecular weight is 487 g/mol. The summed E-state index contributed by atoms with van der Waals surface area (Å²) < 4.78 is 2.43. The summed E-state index contributed by atoms with van der Waals surface area (Å²) in [6.45, 7) is 8.06. The first-order valence-electron chi connectivity index (χ1n) is 16.3. The monoisotopic (exact) mass is 487 g/mol. The van der Waals surface area contributed by atoms with Crippen molar-refractivity contribution in [3.05, 3.63) is 29.6 Å². The molecule has 0 fully saturated rings. The molecule has 1 nitrogen and oxygen atoms in total. The summed E-state index contributed by atoms with van der Waals surface area (Å²) in [5.74, 6) is 0. The van der Waals surface area contributed by atoms with E-state index in [4.69, 9.17) is 0 Å². The lowest BCUT2D eigenvalue weighted by Gasteiger charge is -2.09. The molecule has 0 spiro atoms. The number of pyridine rings is 1. The molecule has 1 aromatic rings. The van der Waals surface area contributed by atoms with Crippen molar-refractivity contribution >= 4 is 0 Å². The van der Waals surface area contributed by atoms with Gasteiger partial charge in [0, 0.05) is 18.1 Å². The van der Waals surface area contributed by atoms with Crippen LogP contribution in [-0.2, 0) is 19.4 Å². The van der Waals surface area contributed by atoms with E-state index in [0.29, 0.717) is 0 Å². The Morgan fingerprint density at radius 1 is 0.429 bits per heavy atom. The van der Waals surface area contributed by atoms with E-state index in [1.165, 1.54) is 161 Å². The van der Waals surface area contributed by atoms with Crippen LogP contribution in [0.5, 0.6) is 0 Å². The summed E-state index contributed by atoms with van der Waals surface area (Å²) >= 11 is 0. The Kier molecular flexibility index (Phi) is 22.8. The maximum atomic E-state index is 2.48. The minimum Gasteiger partial charge on any atom is -0.205 e. The van der Waals surface area contributed by atoms with Crippen LogP contribution in [0.25, 0.3) is 0 Å². The SMILES string of the molecule is CCCCCCCCCCCCCc1cc[n+](CCC)cc1CCCCCCCCCCCCC. The fourth-order valence-corrected chi connectivity index (χ4v) is 5.44. The predicted octanol–water partition coefficient (Wildman–Crippen LogP) is 11.1. The number of aromatic nitrogens is 1. The van der Waals surface area contributed by atoms with Gasteiger partial charge in [-0.2, -0.15) is 0 Å². The first-order chi connectivity index (χ1) is 17.3. The number of hydrogen-bond donors (Lipinski definition) is 0. The molecule has 35 heavy (non-hydrogen) atoms. The van der Waals surface area contributed by atoms with Crippen molar-refractivity contribution in [3.63, 3.8) is 0 Å². The molecule has 0 bridgehead atoms. The summed E-state index contributed by atoms with van der Waals surface area (Å²) in [6, 6.07) is 2.44. The van der Waals surface area contributed by atoms with Gasteiger partial charge in [0.05, 0.1) is 0 Å². The van der Waals surface area contributed by atoms with Crippen molar-refractivity contribution < 1.29 is 4.57 Å². The topological polar surface area (TPSA) is 3.88 Å². The van der Waals surface area contributed by atoms with Crippen LogP contribution in [0, 0.1) is 0 Å². The second kappa shape index (κ2) is 24.8. The maximum Gasteiger partial charge on any atom is 0.172 e. The second-order valence-corrected chi connectivity index (χ2v) is 11.3. The van der Waals surface area contributed by atoms with Crippen LogP contribution in [0.1, 0.15) is 180 Å². The van der Waals surface area contributed by atoms with Gasteiger partial charge in [-0.25, -0.2) is 4.57 Å². The molecule has 0 aliphatic heterocycles. The fourth-order valence-electron chi connectivity index (χ4n) is 5.44. The Labute approximate surface area is 221 Å². The number of hydrogen-bond acceptors (Lipinski definition) is 0. The standard InChI is InChI=1S/C34H64N/c1-4-7-9-11-13-15-17-19-21-23-25-27-33-29-31-35(30-6-3)32-34(33)28-26-24-22-20-18-16-14-12-10-8-5-2/h29,31-32H,4-28,30H2,1-3H3/q+1. The Balaban J connectivity index is 2.19. The van der Waals surface area contributed by atoms with Crippen molar-refractivity contribution in [3.8, 4) is 0 Å². The highest BCUT2D eigenvalue weighted by Gasteiger charge is 2.09. The Bertz CT molecular complexity index is 564. The summed E-state index contributed by atoms with van der Waals surface area (Å²) in [5, 5.41) is 0. The molecule has 0 aliphatic rings. The highest BCUT2D eigenvalue weighted by atomic mass is 14.9. The lowest BCUT2D eigenvalue weighted by atomic mass is 9.97. The second-order valence-electron chi connectivity index (χ2n) is 11.3. The Morgan fingerprint density at radius 2 is 0.800 bits per heavy atom. The smallest absolute Gasteiger partial charge is 0.172 e. The summed E-state index contributed by atoms with van der Waals surface area (Å²) in [4.78, 5) is 0. The van der Waals surface area contributed by atoms with E-state index in [9.17, 15) is 0 Å². The van der Waals surface area contributed by atoms with Gasteiger partial charge >= 0.3 is 0 Å². The van der Waals surface area contributed by atoms with E-state index < -0.39 is 0 Å². The Hall–Kier alpha value is -0.850. The van der Waals surface area contributed by atoms with Gasteiger partial charge in [0.2, 0.25) is 0 Å². The summed E-state index contributed by atoms with van der Waals surface area (Å²) in [5.41, 5.74) is 3.28. The largest absolute Gasteiger partial charge is 0.205 e. The van der Waals surface area contributed by atoms with Crippen molar-refractivity contribution in [1.82, 2.24) is 0 Å². The quantitative estimate of drug-likeness (QED) is 0.0905. The molecule has 0 aliphatic carbocycles. The van der Waals surface area contributed by atoms with Crippen LogP contribution in [-0.4, -0.2) is 0 Å². The van der Waals surface area contributed by atoms with Gasteiger partial charge in [0.15, 0.2) is 12.4 Å². The molecule has 0 N–H and O–H groups in total. The van der Waals surface area contributed by atoms with Gasteiger partial charge in [-0.1, -0.05) is 149 Å². The minimum absolute atomic E-state index is 1.16. The molecular formula is C34H64N+. The van der Waals surface area contributed by atoms with Gasteiger partial charge < -0.3 is 0 Å². The fraction of sp³-hybridized carbons (Fsp3) is 0.853. The maximum absolute atomic E-state index is 2.48. The summed E-state index contributed by atoms with van der Waals surface area (Å²) in [6.07, 6.45) is 40.1. The van der Waals surface area contributed by atoms with Crippen LogP contribution in [0.3, 0.4) is 0 Å². The van der Waals surface area contributed by atoms with Crippen molar-refractivity contribution in [2.24, 2.45) is 0 Å². The van der Waals surface area contributed by atoms with E-state index in [1.54, 1.807) is 11.1 Å². The van der Waals surface area contributed by atoms with Gasteiger partial charge in [-0.05, 0) is 31.2 Å². The minimum atomic E-state index is 1.16. The normalized spacial score (nSPS) is 11.4. The lowest BCUT2D eigenvalue weighted by Crippen LogP contribution is -2.33. The molecule has 0 saturated heterocycles. The number of unbranched alkanes of at least 4 members (excludes halogenated alkanes) is 20. The van der Waals surface area contributed by atoms with E-state index in [-0.39, 0.29) is 0 Å². The first-order valence-corrected chi connectivity index (χ1v) is 16.3. The number of nitrogens with zero attached hydrogens (tertiary/aromatic N) is 1. The van der Waals surface area contributed by atoms with Crippen LogP contribution in [0.4, 0.5) is 0 Å². The molecule has 1 heterocycles. The highest BCUT2D eigenvalue weighted by Crippen LogP contribution is 2.17. The van der Waals surface area contributed by atoms with E-state index in [2.05, 4.69) is 43.8 Å². The van der Waals surface area contributed by atoms with Crippen LogP contribution >= 0.6 is 0 Å². The van der Waals surface area contributed by atoms with Crippen LogP contribution < -0.4 is 4.57 Å². The van der Waals surface area contributed by atoms with Gasteiger partial charge in [-0.3, -0.25) is 0 Å². The van der Waals surface area contributed by atoms with Gasteiger partial charge in [0.1, 0.15) is 6.54 Å². The molecule has 0 atom stereocenters. The van der Waals surface area contributed by atoms with Crippen molar-refractivity contribution in [1.29, 1.82) is 0 Å². The van der Waals surface area contributed by atoms with Crippen LogP contribution in [0.15, 0.2) is 18.5 Å². The highest BCUT2D eigenvalue weighted by molar-refractivity contribution is 5.21. The van der Waals surface area contributed by atoms with Crippen molar-refractivity contribution in [2.45, 2.75) is 188 Å². The molecule has 204 valence electrons. The van der Waals surface area contributed by atoms with Gasteiger partial charge in [-0.15, -0.1) is 0 Å². The molecule has 0 radical (unpaired) electrons. The third kappa shape index (κ3) is 19.0. The lowest BCUT2D eigenvalue weighted by molar-refractivity contribution is -0.697. The number of rotatable bonds is 26. The molecule has 0 unspecified atom stereocenters. The first kappa shape index (κ1) is 32.2. The zero-order valence-electron chi connectivity index (χ0n) is 24.6. The zero-order valence-corrected chi connectivity index (χ0v) is 24.6. The molecule has 0 amide bonds. The molecule has 0 aromatic carbocycles. The molecule has 0 saturated carbocycles.